The third kappa shape index (κ3) is 6.46. The molecule has 0 spiro atoms. The molecule has 1 amide bonds. The molecule has 0 saturated heterocycles. The average Bonchev–Trinajstić information content (AvgIpc) is 2.49. The number of nitrogens with two attached hydrogens (primary N) is 1. The molecule has 0 aromatic heterocycles. The molecule has 1 aromatic rings. The molecule has 0 radical (unpaired) electrons. The number of carbonyl (C=O) groups is 1. The average molecular weight is 286 g/mol. The van der Waals surface area contributed by atoms with E-state index in [0.29, 0.717) is 12.1 Å². The molecule has 1 aromatic carbocycles. The summed E-state index contributed by atoms with van der Waals surface area (Å²) in [6, 6.07) is 7.58. The van der Waals surface area contributed by atoms with Crippen LogP contribution in [0.2, 0.25) is 0 Å². The highest BCUT2D eigenvalue weighted by molar-refractivity contribution is 5.96. The van der Waals surface area contributed by atoms with Crippen LogP contribution in [0.4, 0.5) is 0 Å². The Hall–Kier alpha value is -1.79. The first-order valence-electron chi connectivity index (χ1n) is 7.77. The molecule has 0 aliphatic heterocycles. The predicted molar refractivity (Wildman–Crippen MR) is 88.1 cm³/mol. The van der Waals surface area contributed by atoms with Gasteiger partial charge in [0, 0.05) is 11.6 Å². The van der Waals surface area contributed by atoms with Crippen LogP contribution in [0.1, 0.15) is 61.9 Å². The van der Waals surface area contributed by atoms with Gasteiger partial charge in [0.25, 0.3) is 5.91 Å². The molecule has 0 aliphatic carbocycles. The SMILES string of the molecule is CCCCCCC(C)NC(=O)c1ccccc1C#CCN. The van der Waals surface area contributed by atoms with E-state index in [1.54, 1.807) is 6.07 Å². The van der Waals surface area contributed by atoms with Crippen molar-refractivity contribution in [2.24, 2.45) is 5.73 Å². The van der Waals surface area contributed by atoms with Crippen molar-refractivity contribution in [3.05, 3.63) is 35.4 Å². The lowest BCUT2D eigenvalue weighted by molar-refractivity contribution is 0.0937. The van der Waals surface area contributed by atoms with E-state index in [2.05, 4.69) is 31.0 Å². The summed E-state index contributed by atoms with van der Waals surface area (Å²) in [5.41, 5.74) is 6.75. The molecule has 21 heavy (non-hydrogen) atoms. The number of benzene rings is 1. The molecule has 0 aliphatic rings. The van der Waals surface area contributed by atoms with Gasteiger partial charge in [-0.2, -0.15) is 0 Å². The number of hydrogen-bond acceptors (Lipinski definition) is 2. The Balaban J connectivity index is 2.59. The largest absolute Gasteiger partial charge is 0.350 e. The predicted octanol–water partition coefficient (Wildman–Crippen LogP) is 3.09. The molecular weight excluding hydrogens is 260 g/mol. The molecule has 1 unspecified atom stereocenters. The lowest BCUT2D eigenvalue weighted by atomic mass is 10.1. The smallest absolute Gasteiger partial charge is 0.252 e. The van der Waals surface area contributed by atoms with E-state index < -0.39 is 0 Å². The van der Waals surface area contributed by atoms with E-state index in [4.69, 9.17) is 5.73 Å². The quantitative estimate of drug-likeness (QED) is 0.598. The lowest BCUT2D eigenvalue weighted by Gasteiger charge is -2.14. The maximum Gasteiger partial charge on any atom is 0.252 e. The summed E-state index contributed by atoms with van der Waals surface area (Å²) >= 11 is 0. The second kappa shape index (κ2) is 10.0. The lowest BCUT2D eigenvalue weighted by Crippen LogP contribution is -2.32. The molecule has 0 bridgehead atoms. The zero-order chi connectivity index (χ0) is 15.5. The minimum atomic E-state index is -0.0556. The Morgan fingerprint density at radius 1 is 1.29 bits per heavy atom. The van der Waals surface area contributed by atoms with Crippen molar-refractivity contribution in [2.45, 2.75) is 52.0 Å². The van der Waals surface area contributed by atoms with Crippen LogP contribution in [-0.4, -0.2) is 18.5 Å². The number of carbonyl (C=O) groups excluding carboxylic acids is 1. The van der Waals surface area contributed by atoms with Crippen molar-refractivity contribution in [3.63, 3.8) is 0 Å². The number of unbranched alkanes of at least 4 members (excludes halogenated alkanes) is 3. The number of rotatable bonds is 7. The van der Waals surface area contributed by atoms with Crippen LogP contribution in [0.15, 0.2) is 24.3 Å². The third-order valence-corrected chi connectivity index (χ3v) is 3.36. The van der Waals surface area contributed by atoms with Crippen LogP contribution in [-0.2, 0) is 0 Å². The third-order valence-electron chi connectivity index (χ3n) is 3.36. The molecule has 0 heterocycles. The fourth-order valence-electron chi connectivity index (χ4n) is 2.19. The molecule has 114 valence electrons. The van der Waals surface area contributed by atoms with Crippen LogP contribution in [0.25, 0.3) is 0 Å². The normalized spacial score (nSPS) is 11.4. The Bertz CT molecular complexity index is 499. The zero-order valence-corrected chi connectivity index (χ0v) is 13.1. The summed E-state index contributed by atoms with van der Waals surface area (Å²) in [6.45, 7) is 4.55. The minimum absolute atomic E-state index is 0.0556. The van der Waals surface area contributed by atoms with Gasteiger partial charge in [0.15, 0.2) is 0 Å². The van der Waals surface area contributed by atoms with E-state index in [-0.39, 0.29) is 11.9 Å². The van der Waals surface area contributed by atoms with Crippen molar-refractivity contribution in [3.8, 4) is 11.8 Å². The maximum atomic E-state index is 12.3. The van der Waals surface area contributed by atoms with E-state index in [1.807, 2.05) is 18.2 Å². The first-order chi connectivity index (χ1) is 10.2. The molecule has 1 rings (SSSR count). The molecule has 0 fully saturated rings. The van der Waals surface area contributed by atoms with Gasteiger partial charge in [-0.05, 0) is 25.5 Å². The van der Waals surface area contributed by atoms with Gasteiger partial charge in [-0.25, -0.2) is 0 Å². The van der Waals surface area contributed by atoms with Crippen molar-refractivity contribution >= 4 is 5.91 Å². The van der Waals surface area contributed by atoms with Gasteiger partial charge in [-0.3, -0.25) is 4.79 Å². The van der Waals surface area contributed by atoms with Crippen molar-refractivity contribution in [2.75, 3.05) is 6.54 Å². The van der Waals surface area contributed by atoms with Crippen LogP contribution in [0.3, 0.4) is 0 Å². The Morgan fingerprint density at radius 2 is 2.05 bits per heavy atom. The van der Waals surface area contributed by atoms with Crippen molar-refractivity contribution in [1.82, 2.24) is 5.32 Å². The second-order valence-electron chi connectivity index (χ2n) is 5.28. The first kappa shape index (κ1) is 17.3. The van der Waals surface area contributed by atoms with Crippen molar-refractivity contribution in [1.29, 1.82) is 0 Å². The molecule has 3 heteroatoms. The Kier molecular flexibility index (Phi) is 8.23. The highest BCUT2D eigenvalue weighted by Gasteiger charge is 2.12. The minimum Gasteiger partial charge on any atom is -0.350 e. The van der Waals surface area contributed by atoms with E-state index in [0.717, 1.165) is 18.4 Å². The summed E-state index contributed by atoms with van der Waals surface area (Å²) in [7, 11) is 0. The van der Waals surface area contributed by atoms with Gasteiger partial charge in [-0.15, -0.1) is 0 Å². The van der Waals surface area contributed by atoms with Crippen LogP contribution >= 0.6 is 0 Å². The monoisotopic (exact) mass is 286 g/mol. The number of nitrogens with one attached hydrogen (secondary N) is 1. The number of amides is 1. The van der Waals surface area contributed by atoms with Gasteiger partial charge in [0.1, 0.15) is 0 Å². The summed E-state index contributed by atoms with van der Waals surface area (Å²) < 4.78 is 0. The van der Waals surface area contributed by atoms with E-state index >= 15 is 0 Å². The maximum absolute atomic E-state index is 12.3. The highest BCUT2D eigenvalue weighted by Crippen LogP contribution is 2.09. The summed E-state index contributed by atoms with van der Waals surface area (Å²) in [4.78, 5) is 12.3. The van der Waals surface area contributed by atoms with Gasteiger partial charge < -0.3 is 11.1 Å². The summed E-state index contributed by atoms with van der Waals surface area (Å²) in [5, 5.41) is 3.05. The van der Waals surface area contributed by atoms with Crippen molar-refractivity contribution < 1.29 is 4.79 Å². The highest BCUT2D eigenvalue weighted by atomic mass is 16.1. The van der Waals surface area contributed by atoms with Gasteiger partial charge in [-0.1, -0.05) is 56.6 Å². The van der Waals surface area contributed by atoms with Crippen LogP contribution < -0.4 is 11.1 Å². The van der Waals surface area contributed by atoms with E-state index in [1.165, 1.54) is 19.3 Å². The van der Waals surface area contributed by atoms with Crippen LogP contribution in [0, 0.1) is 11.8 Å². The molecule has 3 nitrogen and oxygen atoms in total. The van der Waals surface area contributed by atoms with Gasteiger partial charge >= 0.3 is 0 Å². The van der Waals surface area contributed by atoms with E-state index in [9.17, 15) is 4.79 Å². The number of hydrogen-bond donors (Lipinski definition) is 2. The summed E-state index contributed by atoms with van der Waals surface area (Å²) in [5.74, 6) is 5.69. The van der Waals surface area contributed by atoms with Gasteiger partial charge in [0.05, 0.1) is 12.1 Å². The standard InChI is InChI=1S/C18H26N2O/c1-3-4-5-6-10-15(2)20-18(21)17-13-8-7-11-16(17)12-9-14-19/h7-8,11,13,15H,3-6,10,14,19H2,1-2H3,(H,20,21). The zero-order valence-electron chi connectivity index (χ0n) is 13.1. The van der Waals surface area contributed by atoms with Crippen LogP contribution in [0.5, 0.6) is 0 Å². The Morgan fingerprint density at radius 3 is 2.76 bits per heavy atom. The van der Waals surface area contributed by atoms with Gasteiger partial charge in [0.2, 0.25) is 0 Å². The summed E-state index contributed by atoms with van der Waals surface area (Å²) in [6.07, 6.45) is 5.90. The fraction of sp³-hybridized carbons (Fsp3) is 0.500. The first-order valence-corrected chi connectivity index (χ1v) is 7.77. The fourth-order valence-corrected chi connectivity index (χ4v) is 2.19. The molecular formula is C18H26N2O. The Labute approximate surface area is 128 Å². The topological polar surface area (TPSA) is 55.1 Å². The molecule has 1 atom stereocenters. The molecule has 0 saturated carbocycles. The molecule has 3 N–H and O–H groups in total. The second-order valence-corrected chi connectivity index (χ2v) is 5.28.